The Morgan fingerprint density at radius 1 is 1.23 bits per heavy atom. The van der Waals surface area contributed by atoms with Crippen molar-refractivity contribution in [1.82, 2.24) is 9.88 Å². The SMILES string of the molecule is O=C(O)CN1C(=O)C/C(=C\c2ccc3ccccc3n2)C1=O. The first-order valence-electron chi connectivity index (χ1n) is 6.67. The van der Waals surface area contributed by atoms with Gasteiger partial charge in [-0.2, -0.15) is 0 Å². The van der Waals surface area contributed by atoms with E-state index in [1.807, 2.05) is 30.3 Å². The summed E-state index contributed by atoms with van der Waals surface area (Å²) in [4.78, 5) is 39.6. The normalized spacial score (nSPS) is 16.7. The second-order valence-electron chi connectivity index (χ2n) is 4.95. The molecule has 0 aliphatic carbocycles. The third-order valence-corrected chi connectivity index (χ3v) is 3.40. The molecule has 0 saturated carbocycles. The van der Waals surface area contributed by atoms with Gasteiger partial charge in [0.2, 0.25) is 5.91 Å². The zero-order valence-corrected chi connectivity index (χ0v) is 11.5. The number of carbonyl (C=O) groups excluding carboxylic acids is 2. The highest BCUT2D eigenvalue weighted by Gasteiger charge is 2.34. The monoisotopic (exact) mass is 296 g/mol. The smallest absolute Gasteiger partial charge is 0.323 e. The summed E-state index contributed by atoms with van der Waals surface area (Å²) < 4.78 is 0. The van der Waals surface area contributed by atoms with Crippen LogP contribution in [0.15, 0.2) is 42.0 Å². The van der Waals surface area contributed by atoms with Crippen LogP contribution in [0.5, 0.6) is 0 Å². The van der Waals surface area contributed by atoms with Crippen LogP contribution in [0.25, 0.3) is 17.0 Å². The minimum Gasteiger partial charge on any atom is -0.480 e. The van der Waals surface area contributed by atoms with Gasteiger partial charge in [-0.1, -0.05) is 24.3 Å². The maximum absolute atomic E-state index is 12.1. The van der Waals surface area contributed by atoms with Crippen LogP contribution < -0.4 is 0 Å². The summed E-state index contributed by atoms with van der Waals surface area (Å²) in [6, 6.07) is 11.2. The van der Waals surface area contributed by atoms with Crippen molar-refractivity contribution in [3.05, 3.63) is 47.7 Å². The number of aromatic nitrogens is 1. The summed E-state index contributed by atoms with van der Waals surface area (Å²) >= 11 is 0. The molecule has 2 heterocycles. The molecule has 0 spiro atoms. The molecule has 0 bridgehead atoms. The molecule has 2 aromatic rings. The van der Waals surface area contributed by atoms with Crippen LogP contribution in [-0.4, -0.2) is 39.3 Å². The van der Waals surface area contributed by atoms with Crippen LogP contribution >= 0.6 is 0 Å². The van der Waals surface area contributed by atoms with Crippen molar-refractivity contribution >= 4 is 34.8 Å². The molecule has 1 fully saturated rings. The van der Waals surface area contributed by atoms with Gasteiger partial charge in [-0.3, -0.25) is 19.3 Å². The van der Waals surface area contributed by atoms with Gasteiger partial charge in [0.05, 0.1) is 17.6 Å². The first kappa shape index (κ1) is 13.9. The first-order valence-corrected chi connectivity index (χ1v) is 6.67. The van der Waals surface area contributed by atoms with E-state index in [1.54, 1.807) is 6.07 Å². The largest absolute Gasteiger partial charge is 0.480 e. The molecule has 6 nitrogen and oxygen atoms in total. The van der Waals surface area contributed by atoms with E-state index in [2.05, 4.69) is 4.98 Å². The topological polar surface area (TPSA) is 87.6 Å². The second-order valence-corrected chi connectivity index (χ2v) is 4.95. The number of hydrogen-bond acceptors (Lipinski definition) is 4. The Morgan fingerprint density at radius 3 is 2.77 bits per heavy atom. The number of benzene rings is 1. The number of para-hydroxylation sites is 1. The highest BCUT2D eigenvalue weighted by Crippen LogP contribution is 2.21. The number of pyridine rings is 1. The lowest BCUT2D eigenvalue weighted by Gasteiger charge is -2.09. The third-order valence-electron chi connectivity index (χ3n) is 3.40. The molecule has 1 N–H and O–H groups in total. The van der Waals surface area contributed by atoms with Crippen LogP contribution in [0.4, 0.5) is 0 Å². The van der Waals surface area contributed by atoms with Gasteiger partial charge in [0.15, 0.2) is 0 Å². The predicted octanol–water partition coefficient (Wildman–Crippen LogP) is 1.46. The minimum absolute atomic E-state index is 0.0966. The lowest BCUT2D eigenvalue weighted by molar-refractivity contribution is -0.148. The second kappa shape index (κ2) is 5.40. The van der Waals surface area contributed by atoms with E-state index >= 15 is 0 Å². The Labute approximate surface area is 125 Å². The van der Waals surface area contributed by atoms with E-state index in [-0.39, 0.29) is 12.0 Å². The number of hydrogen-bond donors (Lipinski definition) is 1. The maximum atomic E-state index is 12.1. The van der Waals surface area contributed by atoms with Crippen LogP contribution in [0.1, 0.15) is 12.1 Å². The molecule has 1 saturated heterocycles. The third kappa shape index (κ3) is 2.58. The van der Waals surface area contributed by atoms with Crippen LogP contribution in [0, 0.1) is 0 Å². The Kier molecular flexibility index (Phi) is 3.42. The van der Waals surface area contributed by atoms with E-state index < -0.39 is 24.3 Å². The maximum Gasteiger partial charge on any atom is 0.323 e. The molecule has 1 aromatic carbocycles. The fourth-order valence-electron chi connectivity index (χ4n) is 2.37. The number of fused-ring (bicyclic) bond motifs is 1. The quantitative estimate of drug-likeness (QED) is 0.684. The Hall–Kier alpha value is -3.02. The zero-order valence-electron chi connectivity index (χ0n) is 11.5. The fraction of sp³-hybridized carbons (Fsp3) is 0.125. The minimum atomic E-state index is -1.22. The zero-order chi connectivity index (χ0) is 15.7. The molecule has 2 amide bonds. The van der Waals surface area contributed by atoms with Crippen molar-refractivity contribution in [3.8, 4) is 0 Å². The average Bonchev–Trinajstić information content (AvgIpc) is 2.74. The van der Waals surface area contributed by atoms with Crippen molar-refractivity contribution in [2.45, 2.75) is 6.42 Å². The first-order chi connectivity index (χ1) is 10.5. The van der Waals surface area contributed by atoms with Gasteiger partial charge >= 0.3 is 5.97 Å². The van der Waals surface area contributed by atoms with E-state index in [0.717, 1.165) is 15.8 Å². The van der Waals surface area contributed by atoms with Crippen LogP contribution in [0.3, 0.4) is 0 Å². The summed E-state index contributed by atoms with van der Waals surface area (Å²) in [5.74, 6) is -2.28. The van der Waals surface area contributed by atoms with Gasteiger partial charge in [-0.25, -0.2) is 4.98 Å². The molecule has 1 aliphatic heterocycles. The Bertz CT molecular complexity index is 826. The molecule has 6 heteroatoms. The van der Waals surface area contributed by atoms with Crippen molar-refractivity contribution < 1.29 is 19.5 Å². The summed E-state index contributed by atoms with van der Waals surface area (Å²) in [6.45, 7) is -0.611. The highest BCUT2D eigenvalue weighted by molar-refractivity contribution is 6.16. The van der Waals surface area contributed by atoms with Crippen LogP contribution in [-0.2, 0) is 14.4 Å². The molecular formula is C16H12N2O4. The summed E-state index contributed by atoms with van der Waals surface area (Å²) in [7, 11) is 0. The molecule has 22 heavy (non-hydrogen) atoms. The lowest BCUT2D eigenvalue weighted by atomic mass is 10.1. The van der Waals surface area contributed by atoms with Crippen molar-refractivity contribution in [3.63, 3.8) is 0 Å². The number of likely N-dealkylation sites (tertiary alicyclic amines) is 1. The van der Waals surface area contributed by atoms with Gasteiger partial charge in [-0.15, -0.1) is 0 Å². The Morgan fingerprint density at radius 2 is 2.00 bits per heavy atom. The molecule has 1 aliphatic rings. The van der Waals surface area contributed by atoms with Gasteiger partial charge in [-0.05, 0) is 18.2 Å². The summed E-state index contributed by atoms with van der Waals surface area (Å²) in [5.41, 5.74) is 1.61. The van der Waals surface area contributed by atoms with E-state index in [0.29, 0.717) is 5.69 Å². The number of carboxylic acid groups (broad SMARTS) is 1. The van der Waals surface area contributed by atoms with Crippen LogP contribution in [0.2, 0.25) is 0 Å². The van der Waals surface area contributed by atoms with Gasteiger partial charge in [0, 0.05) is 11.0 Å². The van der Waals surface area contributed by atoms with E-state index in [9.17, 15) is 14.4 Å². The summed E-state index contributed by atoms with van der Waals surface area (Å²) in [5, 5.41) is 9.70. The molecule has 1 aromatic heterocycles. The highest BCUT2D eigenvalue weighted by atomic mass is 16.4. The number of nitrogens with zero attached hydrogens (tertiary/aromatic N) is 2. The van der Waals surface area contributed by atoms with Crippen molar-refractivity contribution in [2.75, 3.05) is 6.54 Å². The number of carbonyl (C=O) groups is 3. The molecule has 3 rings (SSSR count). The van der Waals surface area contributed by atoms with E-state index in [1.165, 1.54) is 6.08 Å². The van der Waals surface area contributed by atoms with Crippen molar-refractivity contribution in [2.24, 2.45) is 0 Å². The predicted molar refractivity (Wildman–Crippen MR) is 78.7 cm³/mol. The number of rotatable bonds is 3. The number of amides is 2. The van der Waals surface area contributed by atoms with Gasteiger partial charge < -0.3 is 5.11 Å². The molecule has 0 unspecified atom stereocenters. The molecule has 110 valence electrons. The molecular weight excluding hydrogens is 284 g/mol. The molecule has 0 atom stereocenters. The van der Waals surface area contributed by atoms with Gasteiger partial charge in [0.1, 0.15) is 6.54 Å². The number of aliphatic carboxylic acids is 1. The lowest BCUT2D eigenvalue weighted by Crippen LogP contribution is -2.34. The van der Waals surface area contributed by atoms with E-state index in [4.69, 9.17) is 5.11 Å². The number of imide groups is 1. The van der Waals surface area contributed by atoms with Gasteiger partial charge in [0.25, 0.3) is 5.91 Å². The number of carboxylic acids is 1. The van der Waals surface area contributed by atoms with Crippen molar-refractivity contribution in [1.29, 1.82) is 0 Å². The summed E-state index contributed by atoms with van der Waals surface area (Å²) in [6.07, 6.45) is 1.44. The standard InChI is InChI=1S/C16H12N2O4/c19-14-8-11(16(22)18(14)9-15(20)21)7-12-6-5-10-3-1-2-4-13(10)17-12/h1-7H,8-9H2,(H,20,21)/b11-7+. The fourth-order valence-corrected chi connectivity index (χ4v) is 2.37. The Balaban J connectivity index is 1.92. The molecule has 0 radical (unpaired) electrons. The average molecular weight is 296 g/mol.